The van der Waals surface area contributed by atoms with Gasteiger partial charge >= 0.3 is 5.97 Å². The number of aldehydes is 2. The summed E-state index contributed by atoms with van der Waals surface area (Å²) in [5.41, 5.74) is -1.41. The summed E-state index contributed by atoms with van der Waals surface area (Å²) < 4.78 is 17.5. The van der Waals surface area contributed by atoms with Crippen LogP contribution >= 0.6 is 0 Å². The summed E-state index contributed by atoms with van der Waals surface area (Å²) >= 11 is 0. The van der Waals surface area contributed by atoms with Crippen molar-refractivity contribution in [1.82, 2.24) is 0 Å². The maximum Gasteiger partial charge on any atom is 0.342 e. The molecule has 0 amide bonds. The molecular weight excluding hydrogens is 412 g/mol. The number of ether oxygens (including phenoxy) is 3. The van der Waals surface area contributed by atoms with Crippen LogP contribution in [0.25, 0.3) is 0 Å². The van der Waals surface area contributed by atoms with Crippen molar-refractivity contribution in [3.8, 4) is 11.5 Å². The molecule has 5 atom stereocenters. The van der Waals surface area contributed by atoms with E-state index in [0.29, 0.717) is 53.9 Å². The number of esters is 1. The maximum absolute atomic E-state index is 12.5. The van der Waals surface area contributed by atoms with Crippen LogP contribution in [0.4, 0.5) is 0 Å². The highest BCUT2D eigenvalue weighted by Crippen LogP contribution is 2.67. The lowest BCUT2D eigenvalue weighted by molar-refractivity contribution is -0.258. The number of cyclic esters (lactones) is 1. The molecule has 2 heterocycles. The third-order valence-corrected chi connectivity index (χ3v) is 9.30. The number of fused-ring (bicyclic) bond motifs is 5. The minimum Gasteiger partial charge on any atom is -0.495 e. The van der Waals surface area contributed by atoms with Gasteiger partial charge in [-0.15, -0.1) is 0 Å². The van der Waals surface area contributed by atoms with Crippen molar-refractivity contribution >= 4 is 18.5 Å². The summed E-state index contributed by atoms with van der Waals surface area (Å²) in [5.74, 6) is 0.200. The second-order valence-electron chi connectivity index (χ2n) is 10.6. The SMILES string of the molecule is COc1c2c(c(C=O)c3c1C(=O)OC3)O[C@]1(C)CC[C@@]3(O)[C@@](C)(C=O)CCC[C@]3(C)[C@H]1C2. The lowest BCUT2D eigenvalue weighted by atomic mass is 9.42. The molecule has 5 rings (SSSR count). The number of hydrogen-bond donors (Lipinski definition) is 1. The second kappa shape index (κ2) is 6.56. The van der Waals surface area contributed by atoms with Crippen LogP contribution in [0.3, 0.4) is 0 Å². The highest BCUT2D eigenvalue weighted by molar-refractivity contribution is 6.01. The first-order valence-electron chi connectivity index (χ1n) is 11.3. The van der Waals surface area contributed by atoms with Gasteiger partial charge in [0.1, 0.15) is 35.6 Å². The van der Waals surface area contributed by atoms with Crippen LogP contribution in [0.2, 0.25) is 0 Å². The van der Waals surface area contributed by atoms with Crippen LogP contribution in [-0.4, -0.2) is 42.0 Å². The van der Waals surface area contributed by atoms with E-state index in [1.807, 2.05) is 13.8 Å². The third-order valence-electron chi connectivity index (χ3n) is 9.30. The Kier molecular flexibility index (Phi) is 4.40. The summed E-state index contributed by atoms with van der Waals surface area (Å²) in [6.07, 6.45) is 5.39. The molecule has 2 aliphatic carbocycles. The van der Waals surface area contributed by atoms with E-state index in [4.69, 9.17) is 14.2 Å². The third kappa shape index (κ3) is 2.33. The second-order valence-corrected chi connectivity index (χ2v) is 10.6. The molecule has 7 nitrogen and oxygen atoms in total. The van der Waals surface area contributed by atoms with Crippen molar-refractivity contribution in [3.05, 3.63) is 22.3 Å². The van der Waals surface area contributed by atoms with Crippen LogP contribution in [0, 0.1) is 16.7 Å². The molecule has 7 heteroatoms. The number of benzene rings is 1. The Hall–Kier alpha value is -2.41. The molecule has 0 radical (unpaired) electrons. The van der Waals surface area contributed by atoms with Gasteiger partial charge in [0.25, 0.3) is 0 Å². The highest BCUT2D eigenvalue weighted by Gasteiger charge is 2.69. The Balaban J connectivity index is 1.72. The zero-order valence-corrected chi connectivity index (χ0v) is 19.1. The van der Waals surface area contributed by atoms with Gasteiger partial charge in [0.05, 0.1) is 23.7 Å². The number of hydrogen-bond acceptors (Lipinski definition) is 7. The average Bonchev–Trinajstić information content (AvgIpc) is 3.14. The van der Waals surface area contributed by atoms with Gasteiger partial charge in [0, 0.05) is 22.5 Å². The van der Waals surface area contributed by atoms with E-state index in [2.05, 4.69) is 6.92 Å². The monoisotopic (exact) mass is 442 g/mol. The van der Waals surface area contributed by atoms with E-state index in [-0.39, 0.29) is 18.1 Å². The largest absolute Gasteiger partial charge is 0.495 e. The van der Waals surface area contributed by atoms with Gasteiger partial charge in [-0.05, 0) is 39.0 Å². The molecule has 1 aromatic rings. The highest BCUT2D eigenvalue weighted by atomic mass is 16.5. The molecule has 172 valence electrons. The van der Waals surface area contributed by atoms with Crippen molar-refractivity contribution in [2.45, 2.75) is 77.1 Å². The topological polar surface area (TPSA) is 99.1 Å². The van der Waals surface area contributed by atoms with Crippen molar-refractivity contribution in [2.24, 2.45) is 16.7 Å². The molecule has 32 heavy (non-hydrogen) atoms. The fraction of sp³-hybridized carbons (Fsp3) is 0.640. The van der Waals surface area contributed by atoms with Crippen molar-refractivity contribution in [2.75, 3.05) is 7.11 Å². The van der Waals surface area contributed by atoms with E-state index in [0.717, 1.165) is 25.4 Å². The Labute approximate surface area is 187 Å². The Morgan fingerprint density at radius 3 is 2.50 bits per heavy atom. The number of rotatable bonds is 3. The molecule has 0 bridgehead atoms. The first-order valence-corrected chi connectivity index (χ1v) is 11.3. The Bertz CT molecular complexity index is 1050. The molecule has 0 aromatic heterocycles. The van der Waals surface area contributed by atoms with Crippen molar-refractivity contribution in [3.63, 3.8) is 0 Å². The number of aliphatic hydroxyl groups is 1. The maximum atomic E-state index is 12.5. The lowest BCUT2D eigenvalue weighted by Crippen LogP contribution is -2.71. The zero-order chi connectivity index (χ0) is 23.1. The van der Waals surface area contributed by atoms with Gasteiger partial charge in [-0.2, -0.15) is 0 Å². The van der Waals surface area contributed by atoms with E-state index in [1.165, 1.54) is 7.11 Å². The molecule has 0 unspecified atom stereocenters. The van der Waals surface area contributed by atoms with Crippen molar-refractivity contribution < 1.29 is 33.7 Å². The predicted molar refractivity (Wildman–Crippen MR) is 114 cm³/mol. The average molecular weight is 443 g/mol. The summed E-state index contributed by atoms with van der Waals surface area (Å²) in [6.45, 7) is 5.99. The summed E-state index contributed by atoms with van der Waals surface area (Å²) in [6, 6.07) is 0. The van der Waals surface area contributed by atoms with Crippen LogP contribution in [0.15, 0.2) is 0 Å². The molecule has 0 saturated heterocycles. The quantitative estimate of drug-likeness (QED) is 0.566. The van der Waals surface area contributed by atoms with Crippen LogP contribution in [-0.2, 0) is 22.6 Å². The normalized spacial score (nSPS) is 39.5. The summed E-state index contributed by atoms with van der Waals surface area (Å²) in [4.78, 5) is 36.8. The van der Waals surface area contributed by atoms with E-state index < -0.39 is 28.0 Å². The van der Waals surface area contributed by atoms with E-state index in [9.17, 15) is 19.5 Å². The van der Waals surface area contributed by atoms with Gasteiger partial charge < -0.3 is 24.1 Å². The fourth-order valence-corrected chi connectivity index (χ4v) is 7.41. The summed E-state index contributed by atoms with van der Waals surface area (Å²) in [5, 5.41) is 12.0. The molecule has 1 N–H and O–H groups in total. The fourth-order valence-electron chi connectivity index (χ4n) is 7.41. The number of methoxy groups -OCH3 is 1. The van der Waals surface area contributed by atoms with Gasteiger partial charge in [-0.3, -0.25) is 4.79 Å². The van der Waals surface area contributed by atoms with E-state index in [1.54, 1.807) is 0 Å². The van der Waals surface area contributed by atoms with Gasteiger partial charge in [0.15, 0.2) is 6.29 Å². The number of carbonyl (C=O) groups is 3. The molecule has 2 fully saturated rings. The molecule has 2 saturated carbocycles. The Morgan fingerprint density at radius 2 is 1.84 bits per heavy atom. The molecule has 0 spiro atoms. The first-order chi connectivity index (χ1) is 15.1. The molecular formula is C25H30O7. The zero-order valence-electron chi connectivity index (χ0n) is 19.1. The van der Waals surface area contributed by atoms with Gasteiger partial charge in [0.2, 0.25) is 0 Å². The van der Waals surface area contributed by atoms with Crippen LogP contribution in [0.1, 0.15) is 84.7 Å². The first kappa shape index (κ1) is 21.4. The number of carbonyl (C=O) groups excluding carboxylic acids is 3. The molecule has 2 aliphatic heterocycles. The minimum absolute atomic E-state index is 0.0184. The minimum atomic E-state index is -1.17. The standard InChI is InChI=1S/C25H30O7/c1-22(13-27)6-5-7-23(2)17-10-14-19(32-24(17,3)8-9-25(22,23)29)15(11-26)16-12-31-21(28)18(16)20(14)30-4/h11,13,17,29H,5-10,12H2,1-4H3/t17-,22-,23-,24-,25-/m1/s1. The van der Waals surface area contributed by atoms with Crippen LogP contribution in [0.5, 0.6) is 11.5 Å². The van der Waals surface area contributed by atoms with Gasteiger partial charge in [-0.25, -0.2) is 4.79 Å². The van der Waals surface area contributed by atoms with Gasteiger partial charge in [-0.1, -0.05) is 20.3 Å². The smallest absolute Gasteiger partial charge is 0.342 e. The Morgan fingerprint density at radius 1 is 1.09 bits per heavy atom. The molecule has 1 aromatic carbocycles. The lowest BCUT2D eigenvalue weighted by Gasteiger charge is -2.66. The van der Waals surface area contributed by atoms with E-state index >= 15 is 0 Å². The predicted octanol–water partition coefficient (Wildman–Crippen LogP) is 3.41. The summed E-state index contributed by atoms with van der Waals surface area (Å²) in [7, 11) is 1.50. The van der Waals surface area contributed by atoms with Crippen LogP contribution < -0.4 is 9.47 Å². The molecule has 4 aliphatic rings. The van der Waals surface area contributed by atoms with Crippen molar-refractivity contribution in [1.29, 1.82) is 0 Å².